The fourth-order valence-corrected chi connectivity index (χ4v) is 3.41. The lowest BCUT2D eigenvalue weighted by atomic mass is 9.99. The third kappa shape index (κ3) is 3.95. The maximum atomic E-state index is 12.7. The van der Waals surface area contributed by atoms with Crippen molar-refractivity contribution >= 4 is 38.8 Å². The van der Waals surface area contributed by atoms with Gasteiger partial charge < -0.3 is 9.47 Å². The topological polar surface area (TPSA) is 59.9 Å². The Labute approximate surface area is 166 Å². The molecule has 0 saturated heterocycles. The van der Waals surface area contributed by atoms with Crippen molar-refractivity contribution in [3.05, 3.63) is 69.7 Å². The smallest absolute Gasteiger partial charge is 0.272 e. The van der Waals surface area contributed by atoms with Gasteiger partial charge in [-0.25, -0.2) is 5.43 Å². The van der Waals surface area contributed by atoms with Crippen LogP contribution in [0.5, 0.6) is 11.5 Å². The number of carbonyl (C=O) groups is 1. The number of ether oxygens (including phenoxy) is 2. The molecule has 3 rings (SSSR count). The van der Waals surface area contributed by atoms with E-state index in [0.717, 1.165) is 20.8 Å². The predicted octanol–water partition coefficient (Wildman–Crippen LogP) is 4.69. The van der Waals surface area contributed by atoms with Crippen molar-refractivity contribution in [3.63, 3.8) is 0 Å². The maximum absolute atomic E-state index is 12.7. The van der Waals surface area contributed by atoms with Crippen molar-refractivity contribution in [2.75, 3.05) is 14.2 Å². The average molecular weight is 427 g/mol. The quantitative estimate of drug-likeness (QED) is 0.475. The first-order valence-corrected chi connectivity index (χ1v) is 9.07. The van der Waals surface area contributed by atoms with Gasteiger partial charge in [0.05, 0.1) is 26.0 Å². The number of hydrogen-bond acceptors (Lipinski definition) is 4. The summed E-state index contributed by atoms with van der Waals surface area (Å²) < 4.78 is 11.5. The van der Waals surface area contributed by atoms with Crippen molar-refractivity contribution in [2.45, 2.75) is 6.92 Å². The first kappa shape index (κ1) is 18.9. The molecule has 0 aliphatic rings. The minimum absolute atomic E-state index is 0.263. The molecule has 3 aromatic carbocycles. The first-order valence-electron chi connectivity index (χ1n) is 8.28. The number of hydrazone groups is 1. The molecule has 0 heterocycles. The van der Waals surface area contributed by atoms with Crippen LogP contribution in [0.2, 0.25) is 0 Å². The molecule has 138 valence electrons. The summed E-state index contributed by atoms with van der Waals surface area (Å²) in [6.07, 6.45) is 1.53. The number of benzene rings is 3. The lowest BCUT2D eigenvalue weighted by molar-refractivity contribution is 0.0956. The standard InChI is InChI=1S/C21H19BrN2O3/c1-13-8-9-14-6-4-5-7-17(14)19(13)21(25)24-23-12-15-10-16(22)11-18(26-2)20(15)27-3/h4-12H,1-3H3,(H,24,25)/b23-12-. The van der Waals surface area contributed by atoms with Crippen molar-refractivity contribution in [1.29, 1.82) is 0 Å². The largest absolute Gasteiger partial charge is 0.493 e. The minimum Gasteiger partial charge on any atom is -0.493 e. The summed E-state index contributed by atoms with van der Waals surface area (Å²) in [5.41, 5.74) is 4.79. The van der Waals surface area contributed by atoms with E-state index in [2.05, 4.69) is 26.5 Å². The molecule has 0 unspecified atom stereocenters. The van der Waals surface area contributed by atoms with Gasteiger partial charge in [0.15, 0.2) is 11.5 Å². The Morgan fingerprint density at radius 3 is 2.63 bits per heavy atom. The second-order valence-corrected chi connectivity index (χ2v) is 6.82. The highest BCUT2D eigenvalue weighted by atomic mass is 79.9. The van der Waals surface area contributed by atoms with E-state index in [1.165, 1.54) is 6.21 Å². The summed E-state index contributed by atoms with van der Waals surface area (Å²) in [5, 5.41) is 6.02. The molecule has 0 aliphatic carbocycles. The van der Waals surface area contributed by atoms with E-state index in [0.29, 0.717) is 22.6 Å². The second-order valence-electron chi connectivity index (χ2n) is 5.91. The number of carbonyl (C=O) groups excluding carboxylic acids is 1. The number of methoxy groups -OCH3 is 2. The predicted molar refractivity (Wildman–Crippen MR) is 111 cm³/mol. The molecule has 0 bridgehead atoms. The van der Waals surface area contributed by atoms with E-state index < -0.39 is 0 Å². The van der Waals surface area contributed by atoms with Gasteiger partial charge in [-0.1, -0.05) is 52.3 Å². The molecule has 27 heavy (non-hydrogen) atoms. The van der Waals surface area contributed by atoms with E-state index in [1.807, 2.05) is 49.4 Å². The number of nitrogens with one attached hydrogen (secondary N) is 1. The van der Waals surface area contributed by atoms with Crippen LogP contribution < -0.4 is 14.9 Å². The van der Waals surface area contributed by atoms with Crippen molar-refractivity contribution in [1.82, 2.24) is 5.43 Å². The third-order valence-corrected chi connectivity index (χ3v) is 4.66. The summed E-state index contributed by atoms with van der Waals surface area (Å²) in [6.45, 7) is 1.91. The SMILES string of the molecule is COc1cc(Br)cc(/C=N\NC(=O)c2c(C)ccc3ccccc23)c1OC. The van der Waals surface area contributed by atoms with Crippen LogP contribution >= 0.6 is 15.9 Å². The molecule has 0 aliphatic heterocycles. The Kier molecular flexibility index (Phi) is 5.76. The van der Waals surface area contributed by atoms with Crippen LogP contribution in [0.3, 0.4) is 0 Å². The van der Waals surface area contributed by atoms with Gasteiger partial charge in [-0.05, 0) is 35.4 Å². The number of halogens is 1. The molecule has 0 fully saturated rings. The number of nitrogens with zero attached hydrogens (tertiary/aromatic N) is 1. The minimum atomic E-state index is -0.263. The number of amides is 1. The highest BCUT2D eigenvalue weighted by molar-refractivity contribution is 9.10. The third-order valence-electron chi connectivity index (χ3n) is 4.21. The number of fused-ring (bicyclic) bond motifs is 1. The Bertz CT molecular complexity index is 1030. The van der Waals surface area contributed by atoms with Gasteiger partial charge in [-0.15, -0.1) is 0 Å². The average Bonchev–Trinajstić information content (AvgIpc) is 2.67. The summed E-state index contributed by atoms with van der Waals surface area (Å²) in [5.74, 6) is 0.853. The molecule has 6 heteroatoms. The summed E-state index contributed by atoms with van der Waals surface area (Å²) in [6, 6.07) is 15.3. The molecular weight excluding hydrogens is 408 g/mol. The van der Waals surface area contributed by atoms with Gasteiger partial charge >= 0.3 is 0 Å². The van der Waals surface area contributed by atoms with Gasteiger partial charge in [-0.2, -0.15) is 5.10 Å². The molecule has 0 aromatic heterocycles. The van der Waals surface area contributed by atoms with Crippen molar-refractivity contribution in [2.24, 2.45) is 5.10 Å². The zero-order valence-electron chi connectivity index (χ0n) is 15.2. The maximum Gasteiger partial charge on any atom is 0.272 e. The number of rotatable bonds is 5. The summed E-state index contributed by atoms with van der Waals surface area (Å²) >= 11 is 3.43. The Hall–Kier alpha value is -2.86. The van der Waals surface area contributed by atoms with Gasteiger partial charge in [0, 0.05) is 10.0 Å². The summed E-state index contributed by atoms with van der Waals surface area (Å²) in [4.78, 5) is 12.7. The highest BCUT2D eigenvalue weighted by Crippen LogP contribution is 2.33. The van der Waals surface area contributed by atoms with Crippen LogP contribution in [0.25, 0.3) is 10.8 Å². The molecule has 1 amide bonds. The second kappa shape index (κ2) is 8.22. The highest BCUT2D eigenvalue weighted by Gasteiger charge is 2.13. The fourth-order valence-electron chi connectivity index (χ4n) is 2.95. The van der Waals surface area contributed by atoms with Crippen LogP contribution in [0, 0.1) is 6.92 Å². The first-order chi connectivity index (χ1) is 13.0. The monoisotopic (exact) mass is 426 g/mol. The molecule has 0 spiro atoms. The van der Waals surface area contributed by atoms with E-state index in [-0.39, 0.29) is 5.91 Å². The van der Waals surface area contributed by atoms with Crippen LogP contribution in [0.15, 0.2) is 58.1 Å². The Morgan fingerprint density at radius 2 is 1.89 bits per heavy atom. The van der Waals surface area contributed by atoms with Gasteiger partial charge in [-0.3, -0.25) is 4.79 Å². The lowest BCUT2D eigenvalue weighted by Crippen LogP contribution is -2.19. The van der Waals surface area contributed by atoms with E-state index >= 15 is 0 Å². The zero-order chi connectivity index (χ0) is 19.4. The van der Waals surface area contributed by atoms with Gasteiger partial charge in [0.1, 0.15) is 0 Å². The van der Waals surface area contributed by atoms with E-state index in [9.17, 15) is 4.79 Å². The molecule has 0 radical (unpaired) electrons. The van der Waals surface area contributed by atoms with E-state index in [1.54, 1.807) is 20.3 Å². The normalized spacial score (nSPS) is 11.0. The van der Waals surface area contributed by atoms with Gasteiger partial charge in [0.25, 0.3) is 5.91 Å². The van der Waals surface area contributed by atoms with Crippen LogP contribution in [0.4, 0.5) is 0 Å². The number of aryl methyl sites for hydroxylation is 1. The molecule has 5 nitrogen and oxygen atoms in total. The molecule has 1 N–H and O–H groups in total. The Morgan fingerprint density at radius 1 is 1.11 bits per heavy atom. The molecular formula is C21H19BrN2O3. The molecule has 3 aromatic rings. The summed E-state index contributed by atoms with van der Waals surface area (Å²) in [7, 11) is 3.12. The fraction of sp³-hybridized carbons (Fsp3) is 0.143. The van der Waals surface area contributed by atoms with Crippen LogP contribution in [-0.4, -0.2) is 26.3 Å². The number of hydrogen-bond donors (Lipinski definition) is 1. The van der Waals surface area contributed by atoms with Crippen molar-refractivity contribution < 1.29 is 14.3 Å². The van der Waals surface area contributed by atoms with E-state index in [4.69, 9.17) is 9.47 Å². The van der Waals surface area contributed by atoms with Crippen LogP contribution in [0.1, 0.15) is 21.5 Å². The molecule has 0 atom stereocenters. The van der Waals surface area contributed by atoms with Crippen LogP contribution in [-0.2, 0) is 0 Å². The van der Waals surface area contributed by atoms with Gasteiger partial charge in [0.2, 0.25) is 0 Å². The molecule has 0 saturated carbocycles. The Balaban J connectivity index is 1.89. The van der Waals surface area contributed by atoms with Crippen molar-refractivity contribution in [3.8, 4) is 11.5 Å². The zero-order valence-corrected chi connectivity index (χ0v) is 16.8. The lowest BCUT2D eigenvalue weighted by Gasteiger charge is -2.11.